The first-order chi connectivity index (χ1) is 17.1. The standard InChI is InChI=1S/C28H19ClN4OS/c1-34-25-13-9-20(10-14-25)27-22(17-33(32-27)24-5-3-2-4-6-24)15-21(16-30)28-31-26(18-35-28)19-7-11-23(29)12-8-19/h2-15,17-18H,1H3/b21-15+. The van der Waals surface area contributed by atoms with E-state index in [1.165, 1.54) is 11.3 Å². The third kappa shape index (κ3) is 4.87. The third-order valence-electron chi connectivity index (χ3n) is 5.42. The Bertz CT molecular complexity index is 1530. The van der Waals surface area contributed by atoms with Crippen LogP contribution >= 0.6 is 22.9 Å². The first-order valence-electron chi connectivity index (χ1n) is 10.8. The number of thiazole rings is 1. The SMILES string of the molecule is COc1ccc(-c2nn(-c3ccccc3)cc2/C=C(\C#N)c2nc(-c3ccc(Cl)cc3)cs2)cc1. The van der Waals surface area contributed by atoms with E-state index in [0.717, 1.165) is 39.5 Å². The van der Waals surface area contributed by atoms with Gasteiger partial charge in [0.15, 0.2) is 0 Å². The predicted molar refractivity (Wildman–Crippen MR) is 142 cm³/mol. The van der Waals surface area contributed by atoms with Gasteiger partial charge in [-0.1, -0.05) is 41.9 Å². The van der Waals surface area contributed by atoms with Crippen molar-refractivity contribution in [3.63, 3.8) is 0 Å². The molecular formula is C28H19ClN4OS. The lowest BCUT2D eigenvalue weighted by Gasteiger charge is -2.03. The molecule has 2 aromatic heterocycles. The molecule has 0 amide bonds. The molecule has 0 aliphatic rings. The molecule has 0 radical (unpaired) electrons. The van der Waals surface area contributed by atoms with Crippen LogP contribution in [-0.2, 0) is 0 Å². The number of rotatable bonds is 6. The zero-order valence-corrected chi connectivity index (χ0v) is 20.3. The maximum Gasteiger partial charge on any atom is 0.134 e. The summed E-state index contributed by atoms with van der Waals surface area (Å²) < 4.78 is 7.12. The Kier molecular flexibility index (Phi) is 6.44. The average Bonchev–Trinajstić information content (AvgIpc) is 3.56. The van der Waals surface area contributed by atoms with Crippen molar-refractivity contribution >= 4 is 34.6 Å². The minimum atomic E-state index is 0.470. The van der Waals surface area contributed by atoms with E-state index in [2.05, 4.69) is 6.07 Å². The molecule has 0 unspecified atom stereocenters. The van der Waals surface area contributed by atoms with Crippen LogP contribution in [0, 0.1) is 11.3 Å². The zero-order chi connectivity index (χ0) is 24.2. The van der Waals surface area contributed by atoms with E-state index < -0.39 is 0 Å². The molecule has 7 heteroatoms. The van der Waals surface area contributed by atoms with Gasteiger partial charge in [-0.25, -0.2) is 9.67 Å². The number of halogens is 1. The van der Waals surface area contributed by atoms with Gasteiger partial charge < -0.3 is 4.74 Å². The van der Waals surface area contributed by atoms with E-state index in [0.29, 0.717) is 15.6 Å². The maximum atomic E-state index is 10.00. The monoisotopic (exact) mass is 494 g/mol. The van der Waals surface area contributed by atoms with E-state index in [4.69, 9.17) is 26.4 Å². The number of aromatic nitrogens is 3. The van der Waals surface area contributed by atoms with Crippen LogP contribution in [0.1, 0.15) is 10.6 Å². The molecule has 5 aromatic rings. The number of allylic oxidation sites excluding steroid dienone is 1. The van der Waals surface area contributed by atoms with Gasteiger partial charge in [-0.2, -0.15) is 10.4 Å². The Morgan fingerprint density at radius 2 is 1.71 bits per heavy atom. The molecule has 0 aliphatic heterocycles. The summed E-state index contributed by atoms with van der Waals surface area (Å²) in [4.78, 5) is 4.71. The summed E-state index contributed by atoms with van der Waals surface area (Å²) in [6.07, 6.45) is 3.77. The predicted octanol–water partition coefficient (Wildman–Crippen LogP) is 7.39. The quantitative estimate of drug-likeness (QED) is 0.231. The Morgan fingerprint density at radius 3 is 2.40 bits per heavy atom. The van der Waals surface area contributed by atoms with Crippen molar-refractivity contribution in [2.24, 2.45) is 0 Å². The molecule has 0 spiro atoms. The van der Waals surface area contributed by atoms with Gasteiger partial charge in [-0.3, -0.25) is 0 Å². The molecule has 0 N–H and O–H groups in total. The first-order valence-corrected chi connectivity index (χ1v) is 12.0. The minimum absolute atomic E-state index is 0.470. The summed E-state index contributed by atoms with van der Waals surface area (Å²) in [5.74, 6) is 0.767. The lowest BCUT2D eigenvalue weighted by Crippen LogP contribution is -1.94. The van der Waals surface area contributed by atoms with Crippen LogP contribution in [0.15, 0.2) is 90.4 Å². The fraction of sp³-hybridized carbons (Fsp3) is 0.0357. The van der Waals surface area contributed by atoms with Crippen molar-refractivity contribution in [2.45, 2.75) is 0 Å². The number of ether oxygens (including phenoxy) is 1. The van der Waals surface area contributed by atoms with Crippen LogP contribution < -0.4 is 4.74 Å². The summed E-state index contributed by atoms with van der Waals surface area (Å²) in [6.45, 7) is 0. The summed E-state index contributed by atoms with van der Waals surface area (Å²) in [7, 11) is 1.64. The molecular weight excluding hydrogens is 476 g/mol. The molecule has 0 fully saturated rings. The number of hydrogen-bond donors (Lipinski definition) is 0. The van der Waals surface area contributed by atoms with E-state index in [-0.39, 0.29) is 0 Å². The van der Waals surface area contributed by atoms with Gasteiger partial charge in [0.2, 0.25) is 0 Å². The second-order valence-corrected chi connectivity index (χ2v) is 8.95. The zero-order valence-electron chi connectivity index (χ0n) is 18.7. The van der Waals surface area contributed by atoms with Gasteiger partial charge in [0.05, 0.1) is 29.8 Å². The van der Waals surface area contributed by atoms with Crippen LogP contribution in [-0.4, -0.2) is 21.9 Å². The Morgan fingerprint density at radius 1 is 1.00 bits per heavy atom. The van der Waals surface area contributed by atoms with Crippen molar-refractivity contribution in [2.75, 3.05) is 7.11 Å². The molecule has 0 aliphatic carbocycles. The molecule has 0 atom stereocenters. The fourth-order valence-corrected chi connectivity index (χ4v) is 4.55. The third-order valence-corrected chi connectivity index (χ3v) is 6.55. The summed E-state index contributed by atoms with van der Waals surface area (Å²) in [5.41, 5.74) is 5.66. The van der Waals surface area contributed by atoms with Crippen molar-refractivity contribution in [3.05, 3.63) is 106 Å². The van der Waals surface area contributed by atoms with Crippen molar-refractivity contribution < 1.29 is 4.74 Å². The van der Waals surface area contributed by atoms with Gasteiger partial charge >= 0.3 is 0 Å². The number of para-hydroxylation sites is 1. The molecule has 5 nitrogen and oxygen atoms in total. The molecule has 0 saturated carbocycles. The van der Waals surface area contributed by atoms with Crippen molar-refractivity contribution in [1.82, 2.24) is 14.8 Å². The number of hydrogen-bond acceptors (Lipinski definition) is 5. The molecule has 35 heavy (non-hydrogen) atoms. The van der Waals surface area contributed by atoms with E-state index >= 15 is 0 Å². The number of methoxy groups -OCH3 is 1. The summed E-state index contributed by atoms with van der Waals surface area (Å²) >= 11 is 7.44. The maximum absolute atomic E-state index is 10.00. The molecule has 3 aromatic carbocycles. The second-order valence-electron chi connectivity index (χ2n) is 7.66. The highest BCUT2D eigenvalue weighted by atomic mass is 35.5. The first kappa shape index (κ1) is 22.6. The topological polar surface area (TPSA) is 63.7 Å². The van der Waals surface area contributed by atoms with Gasteiger partial charge in [0.1, 0.15) is 16.8 Å². The molecule has 0 bridgehead atoms. The van der Waals surface area contributed by atoms with E-state index in [1.807, 2.05) is 101 Å². The Labute approximate surface area is 212 Å². The van der Waals surface area contributed by atoms with Gasteiger partial charge in [0, 0.05) is 33.3 Å². The number of nitriles is 1. The number of benzene rings is 3. The van der Waals surface area contributed by atoms with E-state index in [1.54, 1.807) is 7.11 Å². The van der Waals surface area contributed by atoms with Crippen LogP contribution in [0.3, 0.4) is 0 Å². The highest BCUT2D eigenvalue weighted by Gasteiger charge is 2.15. The lowest BCUT2D eigenvalue weighted by atomic mass is 10.1. The van der Waals surface area contributed by atoms with E-state index in [9.17, 15) is 5.26 Å². The highest BCUT2D eigenvalue weighted by molar-refractivity contribution is 7.11. The van der Waals surface area contributed by atoms with Crippen LogP contribution in [0.2, 0.25) is 5.02 Å². The van der Waals surface area contributed by atoms with Gasteiger partial charge in [0.25, 0.3) is 0 Å². The Balaban J connectivity index is 1.58. The molecule has 170 valence electrons. The molecule has 2 heterocycles. The second kappa shape index (κ2) is 9.98. The van der Waals surface area contributed by atoms with Crippen LogP contribution in [0.5, 0.6) is 5.75 Å². The highest BCUT2D eigenvalue weighted by Crippen LogP contribution is 2.31. The normalized spacial score (nSPS) is 11.3. The molecule has 0 saturated heterocycles. The number of nitrogens with zero attached hydrogens (tertiary/aromatic N) is 4. The lowest BCUT2D eigenvalue weighted by molar-refractivity contribution is 0.415. The van der Waals surface area contributed by atoms with Crippen molar-refractivity contribution in [3.8, 4) is 40.0 Å². The smallest absolute Gasteiger partial charge is 0.134 e. The average molecular weight is 495 g/mol. The van der Waals surface area contributed by atoms with Crippen molar-refractivity contribution in [1.29, 1.82) is 5.26 Å². The van der Waals surface area contributed by atoms with Crippen LogP contribution in [0.4, 0.5) is 0 Å². The van der Waals surface area contributed by atoms with Gasteiger partial charge in [-0.05, 0) is 54.6 Å². The largest absolute Gasteiger partial charge is 0.497 e. The van der Waals surface area contributed by atoms with Gasteiger partial charge in [-0.15, -0.1) is 11.3 Å². The minimum Gasteiger partial charge on any atom is -0.497 e. The molecule has 5 rings (SSSR count). The summed E-state index contributed by atoms with van der Waals surface area (Å²) in [5, 5.41) is 18.1. The fourth-order valence-electron chi connectivity index (χ4n) is 3.63. The van der Waals surface area contributed by atoms with Crippen LogP contribution in [0.25, 0.3) is 39.9 Å². The Hall–Kier alpha value is -4.18. The summed E-state index contributed by atoms with van der Waals surface area (Å²) in [6, 6.07) is 27.4.